The molecule has 0 saturated heterocycles. The standard InChI is InChI=1S/C16H16ClNO2S/c17-11-8-14-15(20-6-5-19-14)9-13(11)18-12-2-1-3-16-10(12)4-7-21-16/h4,7-9,12,18H,1-3,5-6H2. The van der Waals surface area contributed by atoms with Crippen LogP contribution in [0.1, 0.15) is 29.3 Å². The van der Waals surface area contributed by atoms with Crippen LogP contribution >= 0.6 is 22.9 Å². The maximum absolute atomic E-state index is 6.39. The molecule has 1 unspecified atom stereocenters. The summed E-state index contributed by atoms with van der Waals surface area (Å²) in [4.78, 5) is 1.49. The van der Waals surface area contributed by atoms with Gasteiger partial charge in [0.1, 0.15) is 13.2 Å². The highest BCUT2D eigenvalue weighted by atomic mass is 35.5. The highest BCUT2D eigenvalue weighted by molar-refractivity contribution is 7.10. The first-order valence-corrected chi connectivity index (χ1v) is 8.49. The number of ether oxygens (including phenoxy) is 2. The molecule has 0 spiro atoms. The summed E-state index contributed by atoms with van der Waals surface area (Å²) in [5.74, 6) is 1.51. The molecule has 0 bridgehead atoms. The predicted molar refractivity (Wildman–Crippen MR) is 86.1 cm³/mol. The fourth-order valence-corrected chi connectivity index (χ4v) is 4.19. The molecule has 5 heteroatoms. The van der Waals surface area contributed by atoms with Crippen molar-refractivity contribution >= 4 is 28.6 Å². The zero-order valence-electron chi connectivity index (χ0n) is 11.5. The number of nitrogens with one attached hydrogen (secondary N) is 1. The lowest BCUT2D eigenvalue weighted by Crippen LogP contribution is -2.18. The van der Waals surface area contributed by atoms with E-state index < -0.39 is 0 Å². The van der Waals surface area contributed by atoms with Crippen molar-refractivity contribution in [2.24, 2.45) is 0 Å². The molecule has 0 saturated carbocycles. The van der Waals surface area contributed by atoms with E-state index in [9.17, 15) is 0 Å². The van der Waals surface area contributed by atoms with Gasteiger partial charge >= 0.3 is 0 Å². The molecule has 3 nitrogen and oxygen atoms in total. The van der Waals surface area contributed by atoms with Gasteiger partial charge in [-0.3, -0.25) is 0 Å². The van der Waals surface area contributed by atoms with Gasteiger partial charge in [-0.2, -0.15) is 0 Å². The summed E-state index contributed by atoms with van der Waals surface area (Å²) in [6, 6.07) is 6.36. The van der Waals surface area contributed by atoms with Gasteiger partial charge in [0.25, 0.3) is 0 Å². The summed E-state index contributed by atoms with van der Waals surface area (Å²) < 4.78 is 11.2. The van der Waals surface area contributed by atoms with Crippen molar-refractivity contribution in [3.05, 3.63) is 39.0 Å². The van der Waals surface area contributed by atoms with Gasteiger partial charge in [0, 0.05) is 17.0 Å². The van der Waals surface area contributed by atoms with Gasteiger partial charge in [-0.15, -0.1) is 11.3 Å². The smallest absolute Gasteiger partial charge is 0.163 e. The Labute approximate surface area is 132 Å². The first-order chi connectivity index (χ1) is 10.3. The van der Waals surface area contributed by atoms with Gasteiger partial charge in [-0.25, -0.2) is 0 Å². The number of fused-ring (bicyclic) bond motifs is 2. The van der Waals surface area contributed by atoms with Gasteiger partial charge in [0.05, 0.1) is 16.8 Å². The normalized spacial score (nSPS) is 20.0. The Morgan fingerprint density at radius 2 is 2.00 bits per heavy atom. The summed E-state index contributed by atoms with van der Waals surface area (Å²) in [6.07, 6.45) is 3.54. The molecule has 2 aliphatic rings. The van der Waals surface area contributed by atoms with Crippen LogP contribution in [0, 0.1) is 0 Å². The highest BCUT2D eigenvalue weighted by Gasteiger charge is 2.23. The first-order valence-electron chi connectivity index (χ1n) is 7.23. The molecule has 1 aromatic heterocycles. The van der Waals surface area contributed by atoms with E-state index in [1.807, 2.05) is 23.5 Å². The second-order valence-corrected chi connectivity index (χ2v) is 6.77. The lowest BCUT2D eigenvalue weighted by atomic mass is 9.94. The van der Waals surface area contributed by atoms with Crippen LogP contribution in [0.25, 0.3) is 0 Å². The topological polar surface area (TPSA) is 30.5 Å². The third-order valence-corrected chi connectivity index (χ3v) is 5.32. The van der Waals surface area contributed by atoms with Crippen LogP contribution in [0.3, 0.4) is 0 Å². The molecule has 0 amide bonds. The summed E-state index contributed by atoms with van der Waals surface area (Å²) in [7, 11) is 0. The van der Waals surface area contributed by atoms with Gasteiger partial charge < -0.3 is 14.8 Å². The molecule has 0 fully saturated rings. The Morgan fingerprint density at radius 1 is 1.19 bits per heavy atom. The maximum atomic E-state index is 6.39. The summed E-state index contributed by atoms with van der Waals surface area (Å²) in [6.45, 7) is 1.17. The summed E-state index contributed by atoms with van der Waals surface area (Å²) >= 11 is 8.24. The maximum Gasteiger partial charge on any atom is 0.163 e. The lowest BCUT2D eigenvalue weighted by Gasteiger charge is -2.26. The zero-order valence-corrected chi connectivity index (χ0v) is 13.1. The molecule has 21 heavy (non-hydrogen) atoms. The largest absolute Gasteiger partial charge is 0.486 e. The van der Waals surface area contributed by atoms with Crippen LogP contribution in [0.2, 0.25) is 5.02 Å². The number of halogens is 1. The number of rotatable bonds is 2. The van der Waals surface area contributed by atoms with Gasteiger partial charge in [-0.05, 0) is 36.3 Å². The molecule has 1 aliphatic carbocycles. The van der Waals surface area contributed by atoms with E-state index in [2.05, 4.69) is 16.8 Å². The van der Waals surface area contributed by atoms with Crippen molar-refractivity contribution in [1.29, 1.82) is 0 Å². The Morgan fingerprint density at radius 3 is 2.86 bits per heavy atom. The Bertz CT molecular complexity index is 670. The minimum absolute atomic E-state index is 0.333. The van der Waals surface area contributed by atoms with E-state index >= 15 is 0 Å². The zero-order chi connectivity index (χ0) is 14.2. The minimum Gasteiger partial charge on any atom is -0.486 e. The van der Waals surface area contributed by atoms with Crippen molar-refractivity contribution in [3.63, 3.8) is 0 Å². The molecule has 1 aromatic carbocycles. The van der Waals surface area contributed by atoms with Crippen molar-refractivity contribution in [2.45, 2.75) is 25.3 Å². The molecular formula is C16H16ClNO2S. The summed E-state index contributed by atoms with van der Waals surface area (Å²) in [5.41, 5.74) is 2.34. The van der Waals surface area contributed by atoms with Gasteiger partial charge in [0.15, 0.2) is 11.5 Å². The fraction of sp³-hybridized carbons (Fsp3) is 0.375. The molecule has 110 valence electrons. The van der Waals surface area contributed by atoms with E-state index in [4.69, 9.17) is 21.1 Å². The number of aryl methyl sites for hydroxylation is 1. The second kappa shape index (κ2) is 5.43. The van der Waals surface area contributed by atoms with Crippen LogP contribution in [0.5, 0.6) is 11.5 Å². The Kier molecular flexibility index (Phi) is 3.43. The number of anilines is 1. The predicted octanol–water partition coefficient (Wildman–Crippen LogP) is 4.66. The highest BCUT2D eigenvalue weighted by Crippen LogP contribution is 2.41. The number of thiophene rings is 1. The van der Waals surface area contributed by atoms with Gasteiger partial charge in [-0.1, -0.05) is 11.6 Å². The van der Waals surface area contributed by atoms with E-state index in [1.54, 1.807) is 0 Å². The molecule has 0 radical (unpaired) electrons. The molecular weight excluding hydrogens is 306 g/mol. The van der Waals surface area contributed by atoms with Crippen molar-refractivity contribution < 1.29 is 9.47 Å². The third-order valence-electron chi connectivity index (χ3n) is 4.01. The van der Waals surface area contributed by atoms with Crippen LogP contribution in [0.4, 0.5) is 5.69 Å². The second-order valence-electron chi connectivity index (χ2n) is 5.36. The number of hydrogen-bond donors (Lipinski definition) is 1. The molecule has 4 rings (SSSR count). The number of hydrogen-bond acceptors (Lipinski definition) is 4. The van der Waals surface area contributed by atoms with E-state index in [0.717, 1.165) is 23.6 Å². The average molecular weight is 322 g/mol. The summed E-state index contributed by atoms with van der Waals surface area (Å²) in [5, 5.41) is 6.44. The molecule has 1 atom stereocenters. The van der Waals surface area contributed by atoms with Crippen molar-refractivity contribution in [1.82, 2.24) is 0 Å². The van der Waals surface area contributed by atoms with E-state index in [1.165, 1.54) is 23.3 Å². The SMILES string of the molecule is Clc1cc2c(cc1NC1CCCc3sccc31)OCCO2. The van der Waals surface area contributed by atoms with Crippen molar-refractivity contribution in [3.8, 4) is 11.5 Å². The number of benzene rings is 1. The quantitative estimate of drug-likeness (QED) is 0.872. The van der Waals surface area contributed by atoms with Crippen LogP contribution in [-0.4, -0.2) is 13.2 Å². The lowest BCUT2D eigenvalue weighted by molar-refractivity contribution is 0.171. The minimum atomic E-state index is 0.333. The average Bonchev–Trinajstić information content (AvgIpc) is 2.97. The molecule has 1 N–H and O–H groups in total. The Balaban J connectivity index is 1.63. The molecule has 2 aromatic rings. The van der Waals surface area contributed by atoms with E-state index in [0.29, 0.717) is 24.3 Å². The van der Waals surface area contributed by atoms with Crippen molar-refractivity contribution in [2.75, 3.05) is 18.5 Å². The Hall–Kier alpha value is -1.39. The van der Waals surface area contributed by atoms with Gasteiger partial charge in [0.2, 0.25) is 0 Å². The van der Waals surface area contributed by atoms with Crippen LogP contribution < -0.4 is 14.8 Å². The molecule has 1 aliphatic heterocycles. The van der Waals surface area contributed by atoms with E-state index in [-0.39, 0.29) is 0 Å². The third kappa shape index (κ3) is 2.47. The first kappa shape index (κ1) is 13.3. The molecule has 2 heterocycles. The van der Waals surface area contributed by atoms with Crippen LogP contribution in [0.15, 0.2) is 23.6 Å². The monoisotopic (exact) mass is 321 g/mol. The van der Waals surface area contributed by atoms with Crippen LogP contribution in [-0.2, 0) is 6.42 Å². The fourth-order valence-electron chi connectivity index (χ4n) is 3.00.